The molecule has 0 radical (unpaired) electrons. The Bertz CT molecular complexity index is 244. The van der Waals surface area contributed by atoms with Crippen molar-refractivity contribution in [1.82, 2.24) is 0 Å². The highest BCUT2D eigenvalue weighted by atomic mass is 14.2. The van der Waals surface area contributed by atoms with Gasteiger partial charge in [-0.3, -0.25) is 0 Å². The molecule has 0 aromatic carbocycles. The van der Waals surface area contributed by atoms with Crippen LogP contribution in [-0.4, -0.2) is 0 Å². The SMILES string of the molecule is CCCCCCCCC(CC)CC(CCCCCC)CCCCCCC. The lowest BCUT2D eigenvalue weighted by atomic mass is 9.83. The summed E-state index contributed by atoms with van der Waals surface area (Å²) in [5.41, 5.74) is 0. The van der Waals surface area contributed by atoms with E-state index in [4.69, 9.17) is 0 Å². The van der Waals surface area contributed by atoms with Crippen molar-refractivity contribution in [2.45, 2.75) is 156 Å². The molecule has 0 heteroatoms. The van der Waals surface area contributed by atoms with E-state index in [2.05, 4.69) is 27.7 Å². The Balaban J connectivity index is 4.08. The first-order chi connectivity index (χ1) is 12.8. The summed E-state index contributed by atoms with van der Waals surface area (Å²) in [6, 6.07) is 0. The minimum atomic E-state index is 1.01. The van der Waals surface area contributed by atoms with E-state index in [0.717, 1.165) is 11.8 Å². The molecule has 0 saturated carbocycles. The van der Waals surface area contributed by atoms with Crippen molar-refractivity contribution in [3.05, 3.63) is 0 Å². The first kappa shape index (κ1) is 26.0. The zero-order valence-electron chi connectivity index (χ0n) is 19.3. The van der Waals surface area contributed by atoms with Crippen molar-refractivity contribution < 1.29 is 0 Å². The Labute approximate surface area is 168 Å². The first-order valence-electron chi connectivity index (χ1n) is 12.8. The van der Waals surface area contributed by atoms with Gasteiger partial charge in [0.25, 0.3) is 0 Å². The van der Waals surface area contributed by atoms with Crippen molar-refractivity contribution >= 4 is 0 Å². The molecule has 0 saturated heterocycles. The van der Waals surface area contributed by atoms with Crippen LogP contribution in [0.15, 0.2) is 0 Å². The summed E-state index contributed by atoms with van der Waals surface area (Å²) >= 11 is 0. The van der Waals surface area contributed by atoms with E-state index in [9.17, 15) is 0 Å². The molecule has 0 heterocycles. The van der Waals surface area contributed by atoms with Crippen LogP contribution >= 0.6 is 0 Å². The van der Waals surface area contributed by atoms with Gasteiger partial charge in [0.1, 0.15) is 0 Å². The fourth-order valence-corrected chi connectivity index (χ4v) is 4.45. The normalized spacial score (nSPS) is 13.8. The Morgan fingerprint density at radius 2 is 0.731 bits per heavy atom. The van der Waals surface area contributed by atoms with Gasteiger partial charge < -0.3 is 0 Å². The van der Waals surface area contributed by atoms with Gasteiger partial charge in [0.2, 0.25) is 0 Å². The molecule has 26 heavy (non-hydrogen) atoms. The van der Waals surface area contributed by atoms with Gasteiger partial charge in [-0.05, 0) is 18.3 Å². The summed E-state index contributed by atoms with van der Waals surface area (Å²) in [5.74, 6) is 2.03. The lowest BCUT2D eigenvalue weighted by molar-refractivity contribution is 0.294. The summed E-state index contributed by atoms with van der Waals surface area (Å²) in [6.45, 7) is 9.41. The van der Waals surface area contributed by atoms with Crippen LogP contribution in [0.1, 0.15) is 156 Å². The predicted molar refractivity (Wildman–Crippen MR) is 122 cm³/mol. The number of hydrogen-bond donors (Lipinski definition) is 0. The second-order valence-electron chi connectivity index (χ2n) is 8.98. The maximum Gasteiger partial charge on any atom is -0.0412 e. The van der Waals surface area contributed by atoms with E-state index >= 15 is 0 Å². The Morgan fingerprint density at radius 3 is 1.15 bits per heavy atom. The van der Waals surface area contributed by atoms with Crippen LogP contribution in [0.3, 0.4) is 0 Å². The standard InChI is InChI=1S/C26H54/c1-5-9-12-15-17-19-21-25(8-4)24-26(22-18-14-11-7-3)23-20-16-13-10-6-2/h25-26H,5-24H2,1-4H3. The highest BCUT2D eigenvalue weighted by Gasteiger charge is 2.15. The molecule has 0 spiro atoms. The third kappa shape index (κ3) is 17.4. The van der Waals surface area contributed by atoms with Gasteiger partial charge in [0, 0.05) is 0 Å². The molecule has 0 bridgehead atoms. The monoisotopic (exact) mass is 366 g/mol. The topological polar surface area (TPSA) is 0 Å². The Morgan fingerprint density at radius 1 is 0.385 bits per heavy atom. The van der Waals surface area contributed by atoms with E-state index in [0.29, 0.717) is 0 Å². The van der Waals surface area contributed by atoms with Crippen LogP contribution < -0.4 is 0 Å². The third-order valence-corrected chi connectivity index (χ3v) is 6.39. The molecule has 0 N–H and O–H groups in total. The van der Waals surface area contributed by atoms with Crippen molar-refractivity contribution in [2.75, 3.05) is 0 Å². The maximum absolute atomic E-state index is 2.44. The second kappa shape index (κ2) is 21.3. The fraction of sp³-hybridized carbons (Fsp3) is 1.00. The van der Waals surface area contributed by atoms with E-state index < -0.39 is 0 Å². The molecule has 0 fully saturated rings. The van der Waals surface area contributed by atoms with Gasteiger partial charge in [-0.1, -0.05) is 150 Å². The molecule has 0 amide bonds. The molecule has 0 aliphatic carbocycles. The smallest absolute Gasteiger partial charge is 0.0412 e. The summed E-state index contributed by atoms with van der Waals surface area (Å²) in [7, 11) is 0. The number of unbranched alkanes of at least 4 members (excludes halogenated alkanes) is 12. The molecule has 0 aliphatic rings. The molecular formula is C26H54. The molecule has 0 nitrogen and oxygen atoms in total. The summed E-state index contributed by atoms with van der Waals surface area (Å²) in [4.78, 5) is 0. The third-order valence-electron chi connectivity index (χ3n) is 6.39. The fourth-order valence-electron chi connectivity index (χ4n) is 4.45. The van der Waals surface area contributed by atoms with Crippen molar-refractivity contribution in [2.24, 2.45) is 11.8 Å². The average Bonchev–Trinajstić information content (AvgIpc) is 2.66. The van der Waals surface area contributed by atoms with Crippen molar-refractivity contribution in [3.8, 4) is 0 Å². The summed E-state index contributed by atoms with van der Waals surface area (Å²) < 4.78 is 0. The predicted octanol–water partition coefficient (Wildman–Crippen LogP) is 10.1. The van der Waals surface area contributed by atoms with Gasteiger partial charge in [-0.15, -0.1) is 0 Å². The zero-order chi connectivity index (χ0) is 19.3. The van der Waals surface area contributed by atoms with Gasteiger partial charge in [-0.25, -0.2) is 0 Å². The zero-order valence-corrected chi connectivity index (χ0v) is 19.3. The minimum absolute atomic E-state index is 1.01. The van der Waals surface area contributed by atoms with Crippen LogP contribution in [-0.2, 0) is 0 Å². The lowest BCUT2D eigenvalue weighted by Crippen LogP contribution is -2.09. The molecule has 158 valence electrons. The highest BCUT2D eigenvalue weighted by molar-refractivity contribution is 4.67. The van der Waals surface area contributed by atoms with Crippen LogP contribution in [0.4, 0.5) is 0 Å². The van der Waals surface area contributed by atoms with Crippen molar-refractivity contribution in [3.63, 3.8) is 0 Å². The average molecular weight is 367 g/mol. The Hall–Kier alpha value is 0. The highest BCUT2D eigenvalue weighted by Crippen LogP contribution is 2.29. The van der Waals surface area contributed by atoms with Gasteiger partial charge in [-0.2, -0.15) is 0 Å². The summed E-state index contributed by atoms with van der Waals surface area (Å²) in [6.07, 6.45) is 29.2. The van der Waals surface area contributed by atoms with E-state index in [1.807, 2.05) is 0 Å². The number of rotatable bonds is 21. The molecule has 0 aliphatic heterocycles. The molecule has 2 unspecified atom stereocenters. The maximum atomic E-state index is 2.44. The largest absolute Gasteiger partial charge is 0.0654 e. The van der Waals surface area contributed by atoms with E-state index in [1.54, 1.807) is 0 Å². The molecular weight excluding hydrogens is 312 g/mol. The van der Waals surface area contributed by atoms with Crippen LogP contribution in [0.2, 0.25) is 0 Å². The molecule has 2 atom stereocenters. The van der Waals surface area contributed by atoms with Crippen LogP contribution in [0.5, 0.6) is 0 Å². The Kier molecular flexibility index (Phi) is 21.3. The molecule has 0 aromatic heterocycles. The van der Waals surface area contributed by atoms with Gasteiger partial charge in [0.05, 0.1) is 0 Å². The van der Waals surface area contributed by atoms with Crippen molar-refractivity contribution in [1.29, 1.82) is 0 Å². The van der Waals surface area contributed by atoms with Crippen LogP contribution in [0.25, 0.3) is 0 Å². The lowest BCUT2D eigenvalue weighted by Gasteiger charge is -2.23. The van der Waals surface area contributed by atoms with Gasteiger partial charge in [0.15, 0.2) is 0 Å². The molecule has 0 rings (SSSR count). The van der Waals surface area contributed by atoms with E-state index in [-0.39, 0.29) is 0 Å². The quantitative estimate of drug-likeness (QED) is 0.177. The van der Waals surface area contributed by atoms with Crippen LogP contribution in [0, 0.1) is 11.8 Å². The minimum Gasteiger partial charge on any atom is -0.0654 e. The van der Waals surface area contributed by atoms with E-state index in [1.165, 1.54) is 128 Å². The second-order valence-corrected chi connectivity index (χ2v) is 8.98. The number of hydrogen-bond acceptors (Lipinski definition) is 0. The molecule has 0 aromatic rings. The first-order valence-corrected chi connectivity index (χ1v) is 12.8. The summed E-state index contributed by atoms with van der Waals surface area (Å²) in [5, 5.41) is 0. The van der Waals surface area contributed by atoms with Gasteiger partial charge >= 0.3 is 0 Å².